The van der Waals surface area contributed by atoms with Gasteiger partial charge in [-0.3, -0.25) is 10.1 Å². The number of para-hydroxylation sites is 1. The van der Waals surface area contributed by atoms with E-state index in [-0.39, 0.29) is 5.15 Å². The van der Waals surface area contributed by atoms with Gasteiger partial charge < -0.3 is 5.73 Å². The average molecular weight is 260 g/mol. The Morgan fingerprint density at radius 3 is 2.89 bits per heavy atom. The SMILES string of the molecule is Nc1c(Cl)ncnc1Nn1ccc2ccccc21. The minimum absolute atomic E-state index is 0.240. The fourth-order valence-corrected chi connectivity index (χ4v) is 1.89. The quantitative estimate of drug-likeness (QED) is 0.694. The Bertz CT molecular complexity index is 707. The third-order valence-electron chi connectivity index (χ3n) is 2.66. The fraction of sp³-hybridized carbons (Fsp3) is 0. The molecule has 0 spiro atoms. The monoisotopic (exact) mass is 259 g/mol. The molecule has 0 aliphatic heterocycles. The molecule has 3 rings (SSSR count). The number of nitrogens with two attached hydrogens (primary N) is 1. The summed E-state index contributed by atoms with van der Waals surface area (Å²) in [5.41, 5.74) is 10.3. The Morgan fingerprint density at radius 1 is 1.17 bits per heavy atom. The van der Waals surface area contributed by atoms with Crippen LogP contribution in [0, 0.1) is 0 Å². The van der Waals surface area contributed by atoms with Crippen molar-refractivity contribution in [3.8, 4) is 0 Å². The highest BCUT2D eigenvalue weighted by Gasteiger charge is 2.07. The van der Waals surface area contributed by atoms with Crippen LogP contribution in [-0.4, -0.2) is 14.6 Å². The summed E-state index contributed by atoms with van der Waals surface area (Å²) in [5, 5.41) is 1.37. The number of nitrogens with zero attached hydrogens (tertiary/aromatic N) is 3. The zero-order chi connectivity index (χ0) is 12.5. The van der Waals surface area contributed by atoms with E-state index in [4.69, 9.17) is 17.3 Å². The summed E-state index contributed by atoms with van der Waals surface area (Å²) in [7, 11) is 0. The lowest BCUT2D eigenvalue weighted by Gasteiger charge is -2.10. The first-order valence-corrected chi connectivity index (χ1v) is 5.72. The Balaban J connectivity index is 2.04. The van der Waals surface area contributed by atoms with E-state index in [9.17, 15) is 0 Å². The lowest BCUT2D eigenvalue weighted by Crippen LogP contribution is -2.11. The van der Waals surface area contributed by atoms with Crippen molar-refractivity contribution in [2.45, 2.75) is 0 Å². The van der Waals surface area contributed by atoms with Crippen LogP contribution in [0.25, 0.3) is 10.9 Å². The summed E-state index contributed by atoms with van der Waals surface area (Å²) in [6.07, 6.45) is 3.27. The highest BCUT2D eigenvalue weighted by atomic mass is 35.5. The maximum atomic E-state index is 5.85. The van der Waals surface area contributed by atoms with Crippen LogP contribution in [0.5, 0.6) is 0 Å². The number of nitrogens with one attached hydrogen (secondary N) is 1. The summed E-state index contributed by atoms with van der Waals surface area (Å²) in [4.78, 5) is 7.88. The van der Waals surface area contributed by atoms with Crippen LogP contribution < -0.4 is 11.2 Å². The topological polar surface area (TPSA) is 68.8 Å². The predicted molar refractivity (Wildman–Crippen MR) is 72.4 cm³/mol. The second-order valence-corrected chi connectivity index (χ2v) is 4.14. The van der Waals surface area contributed by atoms with E-state index in [1.165, 1.54) is 6.33 Å². The van der Waals surface area contributed by atoms with Crippen molar-refractivity contribution in [2.24, 2.45) is 0 Å². The van der Waals surface area contributed by atoms with E-state index in [0.717, 1.165) is 10.9 Å². The molecule has 3 aromatic rings. The van der Waals surface area contributed by atoms with Gasteiger partial charge in [-0.05, 0) is 12.1 Å². The number of hydrogen-bond donors (Lipinski definition) is 2. The third-order valence-corrected chi connectivity index (χ3v) is 2.96. The van der Waals surface area contributed by atoms with Crippen LogP contribution in [-0.2, 0) is 0 Å². The number of anilines is 2. The zero-order valence-electron chi connectivity index (χ0n) is 9.34. The minimum Gasteiger partial charge on any atom is -0.393 e. The summed E-state index contributed by atoms with van der Waals surface area (Å²) >= 11 is 5.85. The zero-order valence-corrected chi connectivity index (χ0v) is 10.1. The van der Waals surface area contributed by atoms with Gasteiger partial charge in [0.2, 0.25) is 0 Å². The second kappa shape index (κ2) is 4.19. The maximum absolute atomic E-state index is 5.85. The van der Waals surface area contributed by atoms with Crippen LogP contribution >= 0.6 is 11.6 Å². The third kappa shape index (κ3) is 1.74. The molecule has 1 aromatic carbocycles. The van der Waals surface area contributed by atoms with Gasteiger partial charge in [0, 0.05) is 11.6 Å². The van der Waals surface area contributed by atoms with Crippen molar-refractivity contribution in [2.75, 3.05) is 11.2 Å². The Kier molecular flexibility index (Phi) is 2.53. The summed E-state index contributed by atoms with van der Waals surface area (Å²) in [6.45, 7) is 0. The lowest BCUT2D eigenvalue weighted by molar-refractivity contribution is 0.983. The van der Waals surface area contributed by atoms with Crippen molar-refractivity contribution in [3.63, 3.8) is 0 Å². The molecule has 0 bridgehead atoms. The molecule has 6 heteroatoms. The van der Waals surface area contributed by atoms with Gasteiger partial charge in [-0.25, -0.2) is 9.97 Å². The summed E-state index contributed by atoms with van der Waals surface area (Å²) < 4.78 is 1.84. The van der Waals surface area contributed by atoms with E-state index in [1.807, 2.05) is 41.2 Å². The Labute approximate surface area is 108 Å². The van der Waals surface area contributed by atoms with E-state index in [2.05, 4.69) is 15.4 Å². The largest absolute Gasteiger partial charge is 0.393 e. The second-order valence-electron chi connectivity index (χ2n) is 3.78. The number of nitrogen functional groups attached to an aromatic ring is 1. The lowest BCUT2D eigenvalue weighted by atomic mass is 10.3. The van der Waals surface area contributed by atoms with E-state index in [1.54, 1.807) is 0 Å². The van der Waals surface area contributed by atoms with Gasteiger partial charge in [0.1, 0.15) is 12.0 Å². The van der Waals surface area contributed by atoms with Crippen LogP contribution in [0.3, 0.4) is 0 Å². The normalized spacial score (nSPS) is 10.7. The number of aromatic nitrogens is 3. The molecule has 90 valence electrons. The van der Waals surface area contributed by atoms with Crippen LogP contribution in [0.1, 0.15) is 0 Å². The number of halogens is 1. The first kappa shape index (κ1) is 10.9. The fourth-order valence-electron chi connectivity index (χ4n) is 1.76. The van der Waals surface area contributed by atoms with Gasteiger partial charge in [0.15, 0.2) is 11.0 Å². The van der Waals surface area contributed by atoms with Crippen LogP contribution in [0.15, 0.2) is 42.9 Å². The maximum Gasteiger partial charge on any atom is 0.173 e. The molecule has 0 fully saturated rings. The van der Waals surface area contributed by atoms with Gasteiger partial charge in [0.05, 0.1) is 5.52 Å². The summed E-state index contributed by atoms with van der Waals surface area (Å²) in [5.74, 6) is 0.483. The molecule has 0 atom stereocenters. The number of rotatable bonds is 2. The van der Waals surface area contributed by atoms with Crippen molar-refractivity contribution >= 4 is 34.0 Å². The van der Waals surface area contributed by atoms with Gasteiger partial charge in [-0.2, -0.15) is 0 Å². The molecule has 0 radical (unpaired) electrons. The Morgan fingerprint density at radius 2 is 2.00 bits per heavy atom. The molecule has 5 nitrogen and oxygen atoms in total. The van der Waals surface area contributed by atoms with Gasteiger partial charge in [0.25, 0.3) is 0 Å². The van der Waals surface area contributed by atoms with Crippen molar-refractivity contribution in [1.82, 2.24) is 14.6 Å². The number of benzene rings is 1. The van der Waals surface area contributed by atoms with Crippen molar-refractivity contribution < 1.29 is 0 Å². The summed E-state index contributed by atoms with van der Waals surface area (Å²) in [6, 6.07) is 9.99. The molecular formula is C12H10ClN5. The molecule has 0 saturated heterocycles. The highest BCUT2D eigenvalue weighted by molar-refractivity contribution is 6.32. The minimum atomic E-state index is 0.240. The Hall–Kier alpha value is -2.27. The van der Waals surface area contributed by atoms with Gasteiger partial charge >= 0.3 is 0 Å². The number of fused-ring (bicyclic) bond motifs is 1. The van der Waals surface area contributed by atoms with Crippen LogP contribution in [0.2, 0.25) is 5.15 Å². The smallest absolute Gasteiger partial charge is 0.173 e. The molecule has 3 N–H and O–H groups in total. The van der Waals surface area contributed by atoms with E-state index in [0.29, 0.717) is 11.5 Å². The van der Waals surface area contributed by atoms with Crippen LogP contribution in [0.4, 0.5) is 11.5 Å². The van der Waals surface area contributed by atoms with Crippen molar-refractivity contribution in [1.29, 1.82) is 0 Å². The highest BCUT2D eigenvalue weighted by Crippen LogP contribution is 2.23. The van der Waals surface area contributed by atoms with E-state index < -0.39 is 0 Å². The molecule has 2 heterocycles. The molecule has 18 heavy (non-hydrogen) atoms. The average Bonchev–Trinajstić information content (AvgIpc) is 2.79. The van der Waals surface area contributed by atoms with Crippen molar-refractivity contribution in [3.05, 3.63) is 48.0 Å². The predicted octanol–water partition coefficient (Wildman–Crippen LogP) is 2.54. The molecule has 0 saturated carbocycles. The molecule has 0 aliphatic rings. The first-order chi connectivity index (χ1) is 8.75. The van der Waals surface area contributed by atoms with Gasteiger partial charge in [-0.1, -0.05) is 29.8 Å². The molecular weight excluding hydrogens is 250 g/mol. The number of hydrogen-bond acceptors (Lipinski definition) is 4. The molecule has 0 amide bonds. The molecule has 0 aliphatic carbocycles. The van der Waals surface area contributed by atoms with E-state index >= 15 is 0 Å². The standard InChI is InChI=1S/C12H10ClN5/c13-11-10(14)12(16-7-15-11)17-18-6-5-8-3-1-2-4-9(8)18/h1-7H,14H2,(H,15,16,17). The molecule has 2 aromatic heterocycles. The van der Waals surface area contributed by atoms with Gasteiger partial charge in [-0.15, -0.1) is 0 Å². The first-order valence-electron chi connectivity index (χ1n) is 5.35. The molecule has 0 unspecified atom stereocenters.